The van der Waals surface area contributed by atoms with Gasteiger partial charge in [0, 0.05) is 5.41 Å². The standard InChI is InChI=1S/C29H36/c1-18-14-22(27(3,4)5)16-21-17-24-23(25(18)21)15-19(2)29(9,28(6,7)8)26(24)20-12-10-11-13-20/h10-12,14-17H,13H2,1-9H3. The van der Waals surface area contributed by atoms with Crippen LogP contribution in [0.4, 0.5) is 0 Å². The van der Waals surface area contributed by atoms with E-state index in [0.29, 0.717) is 0 Å². The maximum absolute atomic E-state index is 2.49. The summed E-state index contributed by atoms with van der Waals surface area (Å²) in [5.74, 6) is 0. The van der Waals surface area contributed by atoms with Gasteiger partial charge < -0.3 is 0 Å². The van der Waals surface area contributed by atoms with Crippen molar-refractivity contribution in [1.29, 1.82) is 0 Å². The summed E-state index contributed by atoms with van der Waals surface area (Å²) in [7, 11) is 0. The zero-order valence-electron chi connectivity index (χ0n) is 19.7. The van der Waals surface area contributed by atoms with Gasteiger partial charge in [0.05, 0.1) is 0 Å². The molecule has 0 aromatic heterocycles. The molecule has 0 amide bonds. The lowest BCUT2D eigenvalue weighted by Crippen LogP contribution is -2.39. The molecule has 0 saturated heterocycles. The molecule has 0 N–H and O–H groups in total. The number of rotatable bonds is 1. The van der Waals surface area contributed by atoms with Gasteiger partial charge in [0.1, 0.15) is 0 Å². The number of hydrogen-bond acceptors (Lipinski definition) is 0. The summed E-state index contributed by atoms with van der Waals surface area (Å²) < 4.78 is 0. The minimum Gasteiger partial charge on any atom is -0.0801 e. The summed E-state index contributed by atoms with van der Waals surface area (Å²) in [6.07, 6.45) is 12.9. The molecule has 0 spiro atoms. The van der Waals surface area contributed by atoms with Crippen LogP contribution in [-0.4, -0.2) is 0 Å². The highest BCUT2D eigenvalue weighted by Crippen LogP contribution is 2.57. The van der Waals surface area contributed by atoms with Gasteiger partial charge in [-0.3, -0.25) is 0 Å². The van der Waals surface area contributed by atoms with Crippen LogP contribution in [0, 0.1) is 17.8 Å². The van der Waals surface area contributed by atoms with Crippen LogP contribution in [0.25, 0.3) is 11.6 Å². The Bertz CT molecular complexity index is 1140. The second-order valence-corrected chi connectivity index (χ2v) is 11.4. The molecule has 1 aromatic rings. The fraction of sp³-hybridized carbons (Fsp3) is 0.448. The minimum absolute atomic E-state index is 0.0169. The highest BCUT2D eigenvalue weighted by molar-refractivity contribution is 5.93. The molecular weight excluding hydrogens is 348 g/mol. The number of hydrogen-bond donors (Lipinski definition) is 0. The SMILES string of the molecule is CC1=CC2=c3c(C)cc(C(C)(C)C)cc3=CC2=C(C2=CC=CC2)C1(C)C(C)(C)C. The molecule has 1 aromatic carbocycles. The summed E-state index contributed by atoms with van der Waals surface area (Å²) >= 11 is 0. The Hall–Kier alpha value is -2.08. The van der Waals surface area contributed by atoms with Crippen molar-refractivity contribution < 1.29 is 0 Å². The predicted molar refractivity (Wildman–Crippen MR) is 127 cm³/mol. The van der Waals surface area contributed by atoms with Gasteiger partial charge >= 0.3 is 0 Å². The number of benzene rings is 1. The summed E-state index contributed by atoms with van der Waals surface area (Å²) in [5, 5.41) is 2.83. The first-order valence-electron chi connectivity index (χ1n) is 11.0. The van der Waals surface area contributed by atoms with E-state index in [2.05, 4.69) is 105 Å². The van der Waals surface area contributed by atoms with E-state index in [4.69, 9.17) is 0 Å². The van der Waals surface area contributed by atoms with Gasteiger partial charge in [0.2, 0.25) is 0 Å². The molecule has 0 heterocycles. The summed E-state index contributed by atoms with van der Waals surface area (Å²) in [6.45, 7) is 21.2. The Morgan fingerprint density at radius 2 is 1.59 bits per heavy atom. The first-order chi connectivity index (χ1) is 13.4. The lowest BCUT2D eigenvalue weighted by molar-refractivity contribution is 0.198. The average molecular weight is 385 g/mol. The molecule has 3 aliphatic carbocycles. The molecule has 4 rings (SSSR count). The fourth-order valence-corrected chi connectivity index (χ4v) is 5.37. The van der Waals surface area contributed by atoms with Crippen molar-refractivity contribution in [3.63, 3.8) is 0 Å². The lowest BCUT2D eigenvalue weighted by Gasteiger charge is -2.48. The van der Waals surface area contributed by atoms with E-state index in [1.807, 2.05) is 0 Å². The quantitative estimate of drug-likeness (QED) is 0.523. The molecule has 3 aliphatic rings. The zero-order valence-corrected chi connectivity index (χ0v) is 19.7. The molecule has 0 saturated carbocycles. The minimum atomic E-state index is 0.0169. The maximum Gasteiger partial charge on any atom is 0.0191 e. The molecule has 0 heteroatoms. The third-order valence-electron chi connectivity index (χ3n) is 7.60. The van der Waals surface area contributed by atoms with Crippen molar-refractivity contribution in [3.8, 4) is 0 Å². The van der Waals surface area contributed by atoms with Crippen molar-refractivity contribution in [2.75, 3.05) is 0 Å². The molecule has 1 unspecified atom stereocenters. The molecule has 0 nitrogen and oxygen atoms in total. The average Bonchev–Trinajstić information content (AvgIpc) is 3.21. The Balaban J connectivity index is 2.12. The third-order valence-corrected chi connectivity index (χ3v) is 7.60. The van der Waals surface area contributed by atoms with E-state index in [0.717, 1.165) is 6.42 Å². The predicted octanol–water partition coefficient (Wildman–Crippen LogP) is 6.43. The van der Waals surface area contributed by atoms with Crippen molar-refractivity contribution in [3.05, 3.63) is 80.3 Å². The van der Waals surface area contributed by atoms with Crippen molar-refractivity contribution in [2.24, 2.45) is 10.8 Å². The van der Waals surface area contributed by atoms with Crippen LogP contribution in [-0.2, 0) is 5.41 Å². The van der Waals surface area contributed by atoms with Crippen LogP contribution in [0.2, 0.25) is 0 Å². The Morgan fingerprint density at radius 1 is 0.897 bits per heavy atom. The van der Waals surface area contributed by atoms with Crippen molar-refractivity contribution in [1.82, 2.24) is 0 Å². The van der Waals surface area contributed by atoms with Crippen LogP contribution in [0.15, 0.2) is 58.7 Å². The summed E-state index contributed by atoms with van der Waals surface area (Å²) in [6, 6.07) is 4.83. The second kappa shape index (κ2) is 6.21. The van der Waals surface area contributed by atoms with Gasteiger partial charge in [-0.25, -0.2) is 0 Å². The summed E-state index contributed by atoms with van der Waals surface area (Å²) in [4.78, 5) is 0. The number of aryl methyl sites for hydroxylation is 1. The first-order valence-corrected chi connectivity index (χ1v) is 11.0. The van der Waals surface area contributed by atoms with Crippen LogP contribution < -0.4 is 10.4 Å². The van der Waals surface area contributed by atoms with Crippen LogP contribution >= 0.6 is 0 Å². The van der Waals surface area contributed by atoms with Gasteiger partial charge in [-0.1, -0.05) is 90.5 Å². The van der Waals surface area contributed by atoms with Crippen LogP contribution in [0.5, 0.6) is 0 Å². The topological polar surface area (TPSA) is 0 Å². The monoisotopic (exact) mass is 384 g/mol. The van der Waals surface area contributed by atoms with Gasteiger partial charge in [0.25, 0.3) is 0 Å². The Morgan fingerprint density at radius 3 is 2.14 bits per heavy atom. The highest BCUT2D eigenvalue weighted by Gasteiger charge is 2.46. The van der Waals surface area contributed by atoms with Gasteiger partial charge in [-0.15, -0.1) is 0 Å². The molecular formula is C29H36. The normalized spacial score (nSPS) is 23.7. The van der Waals surface area contributed by atoms with Gasteiger partial charge in [-0.2, -0.15) is 0 Å². The van der Waals surface area contributed by atoms with E-state index in [1.165, 1.54) is 49.4 Å². The first kappa shape index (κ1) is 20.2. The fourth-order valence-electron chi connectivity index (χ4n) is 5.37. The van der Waals surface area contributed by atoms with Crippen LogP contribution in [0.3, 0.4) is 0 Å². The lowest BCUT2D eigenvalue weighted by atomic mass is 9.55. The zero-order chi connectivity index (χ0) is 21.4. The van der Waals surface area contributed by atoms with Gasteiger partial charge in [0.15, 0.2) is 0 Å². The molecule has 0 fully saturated rings. The highest BCUT2D eigenvalue weighted by atomic mass is 14.5. The van der Waals surface area contributed by atoms with Crippen LogP contribution in [0.1, 0.15) is 72.9 Å². The molecule has 152 valence electrons. The van der Waals surface area contributed by atoms with E-state index >= 15 is 0 Å². The largest absolute Gasteiger partial charge is 0.0801 e. The number of fused-ring (bicyclic) bond motifs is 2. The molecule has 0 aliphatic heterocycles. The Kier molecular flexibility index (Phi) is 4.32. The number of allylic oxidation sites excluding steroid dienone is 8. The molecule has 0 bridgehead atoms. The van der Waals surface area contributed by atoms with Crippen molar-refractivity contribution in [2.45, 2.75) is 74.1 Å². The molecule has 1 atom stereocenters. The molecule has 0 radical (unpaired) electrons. The molecule has 29 heavy (non-hydrogen) atoms. The summed E-state index contributed by atoms with van der Waals surface area (Å²) in [5.41, 5.74) is 10.5. The van der Waals surface area contributed by atoms with E-state index in [-0.39, 0.29) is 16.2 Å². The Labute approximate surface area is 177 Å². The second-order valence-electron chi connectivity index (χ2n) is 11.4. The third kappa shape index (κ3) is 2.87. The maximum atomic E-state index is 2.49. The van der Waals surface area contributed by atoms with Crippen molar-refractivity contribution >= 4 is 11.6 Å². The van der Waals surface area contributed by atoms with E-state index in [1.54, 1.807) is 0 Å². The van der Waals surface area contributed by atoms with Gasteiger partial charge in [-0.05, 0) is 81.0 Å². The van der Waals surface area contributed by atoms with E-state index < -0.39 is 0 Å². The smallest absolute Gasteiger partial charge is 0.0191 e. The van der Waals surface area contributed by atoms with E-state index in [9.17, 15) is 0 Å².